The molecule has 0 saturated carbocycles. The van der Waals surface area contributed by atoms with Crippen molar-refractivity contribution in [1.29, 1.82) is 0 Å². The molecule has 0 aromatic carbocycles. The first-order valence-corrected chi connectivity index (χ1v) is 3.28. The van der Waals surface area contributed by atoms with Crippen molar-refractivity contribution in [3.8, 4) is 0 Å². The van der Waals surface area contributed by atoms with Gasteiger partial charge in [-0.05, 0) is 13.8 Å². The number of halogens is 1. The maximum absolute atomic E-state index is 5.36. The van der Waals surface area contributed by atoms with E-state index in [1.54, 1.807) is 6.20 Å². The van der Waals surface area contributed by atoms with E-state index in [0.29, 0.717) is 11.6 Å². The van der Waals surface area contributed by atoms with E-state index >= 15 is 0 Å². The van der Waals surface area contributed by atoms with Crippen LogP contribution in [0.1, 0.15) is 11.4 Å². The zero-order chi connectivity index (χ0) is 7.56. The van der Waals surface area contributed by atoms with Crippen LogP contribution in [0.2, 0.25) is 0 Å². The van der Waals surface area contributed by atoms with Gasteiger partial charge in [0.15, 0.2) is 0 Å². The summed E-state index contributed by atoms with van der Waals surface area (Å²) in [5, 5.41) is 0. The van der Waals surface area contributed by atoms with Gasteiger partial charge < -0.3 is 0 Å². The molecule has 1 aromatic heterocycles. The van der Waals surface area contributed by atoms with Gasteiger partial charge in [-0.25, -0.2) is 9.97 Å². The van der Waals surface area contributed by atoms with Crippen LogP contribution in [-0.2, 0) is 0 Å². The van der Waals surface area contributed by atoms with Crippen molar-refractivity contribution in [3.63, 3.8) is 0 Å². The van der Waals surface area contributed by atoms with E-state index in [-0.39, 0.29) is 0 Å². The molecular weight excluding hydrogens is 150 g/mol. The lowest BCUT2D eigenvalue weighted by Gasteiger charge is -2.00. The molecule has 0 saturated heterocycles. The number of rotatable bonds is 1. The highest BCUT2D eigenvalue weighted by atomic mass is 35.5. The van der Waals surface area contributed by atoms with E-state index in [4.69, 9.17) is 11.8 Å². The molecule has 1 rings (SSSR count). The zero-order valence-electron chi connectivity index (χ0n) is 5.85. The Morgan fingerprint density at radius 2 is 2.20 bits per heavy atom. The van der Waals surface area contributed by atoms with Gasteiger partial charge >= 0.3 is 0 Å². The minimum atomic E-state index is 0.675. The second kappa shape index (κ2) is 2.84. The average Bonchev–Trinajstić information content (AvgIpc) is 1.94. The summed E-state index contributed by atoms with van der Waals surface area (Å²) in [5.74, 6) is 1.39. The van der Waals surface area contributed by atoms with Crippen LogP contribution in [0, 0.1) is 13.8 Å². The lowest BCUT2D eigenvalue weighted by molar-refractivity contribution is 1.04. The van der Waals surface area contributed by atoms with E-state index < -0.39 is 0 Å². The molecule has 3 nitrogen and oxygen atoms in total. The molecule has 0 spiro atoms. The van der Waals surface area contributed by atoms with Gasteiger partial charge in [-0.1, -0.05) is 0 Å². The van der Waals surface area contributed by atoms with Crippen molar-refractivity contribution < 1.29 is 0 Å². The zero-order valence-corrected chi connectivity index (χ0v) is 6.61. The molecule has 0 unspecified atom stereocenters. The Bertz CT molecular complexity index is 236. The highest BCUT2D eigenvalue weighted by Gasteiger charge is 1.97. The number of hydrogen-bond acceptors (Lipinski definition) is 3. The number of hydrogen-bond donors (Lipinski definition) is 1. The first kappa shape index (κ1) is 7.28. The Morgan fingerprint density at radius 3 is 2.70 bits per heavy atom. The van der Waals surface area contributed by atoms with Crippen molar-refractivity contribution in [2.75, 3.05) is 4.84 Å². The van der Waals surface area contributed by atoms with E-state index in [9.17, 15) is 0 Å². The predicted octanol–water partition coefficient (Wildman–Crippen LogP) is 1.66. The minimum Gasteiger partial charge on any atom is -0.282 e. The molecule has 4 heteroatoms. The monoisotopic (exact) mass is 157 g/mol. The summed E-state index contributed by atoms with van der Waals surface area (Å²) >= 11 is 5.36. The molecule has 0 fully saturated rings. The molecule has 0 radical (unpaired) electrons. The van der Waals surface area contributed by atoms with E-state index in [0.717, 1.165) is 5.56 Å². The van der Waals surface area contributed by atoms with Crippen molar-refractivity contribution in [1.82, 2.24) is 9.97 Å². The molecule has 54 valence electrons. The van der Waals surface area contributed by atoms with Gasteiger partial charge in [0, 0.05) is 23.5 Å². The summed E-state index contributed by atoms with van der Waals surface area (Å²) in [6.07, 6.45) is 1.73. The fourth-order valence-electron chi connectivity index (χ4n) is 0.626. The van der Waals surface area contributed by atoms with Crippen molar-refractivity contribution in [2.45, 2.75) is 13.8 Å². The highest BCUT2D eigenvalue weighted by molar-refractivity contribution is 6.23. The largest absolute Gasteiger partial charge is 0.282 e. The van der Waals surface area contributed by atoms with Crippen LogP contribution in [0.5, 0.6) is 0 Å². The van der Waals surface area contributed by atoms with Gasteiger partial charge in [-0.15, -0.1) is 0 Å². The van der Waals surface area contributed by atoms with Crippen LogP contribution >= 0.6 is 11.8 Å². The first-order chi connectivity index (χ1) is 4.74. The van der Waals surface area contributed by atoms with Crippen molar-refractivity contribution >= 4 is 17.6 Å². The first-order valence-electron chi connectivity index (χ1n) is 2.91. The van der Waals surface area contributed by atoms with Gasteiger partial charge in [-0.2, -0.15) is 0 Å². The van der Waals surface area contributed by atoms with Crippen LogP contribution in [0.15, 0.2) is 6.20 Å². The van der Waals surface area contributed by atoms with Gasteiger partial charge in [-0.3, -0.25) is 4.84 Å². The van der Waals surface area contributed by atoms with Crippen LogP contribution in [0.25, 0.3) is 0 Å². The van der Waals surface area contributed by atoms with Crippen molar-refractivity contribution in [2.24, 2.45) is 0 Å². The number of aromatic nitrogens is 2. The fourth-order valence-corrected chi connectivity index (χ4v) is 0.817. The molecule has 0 atom stereocenters. The maximum atomic E-state index is 5.36. The highest BCUT2D eigenvalue weighted by Crippen LogP contribution is 2.09. The molecule has 0 aliphatic rings. The Balaban J connectivity index is 3.09. The fraction of sp³-hybridized carbons (Fsp3) is 0.333. The molecule has 10 heavy (non-hydrogen) atoms. The second-order valence-corrected chi connectivity index (χ2v) is 2.23. The molecule has 0 amide bonds. The average molecular weight is 158 g/mol. The topological polar surface area (TPSA) is 37.8 Å². The predicted molar refractivity (Wildman–Crippen MR) is 41.0 cm³/mol. The number of nitrogens with one attached hydrogen (secondary N) is 1. The molecule has 1 aromatic rings. The molecule has 0 bridgehead atoms. The SMILES string of the molecule is Cc1ncc(C)c(NCl)n1. The summed E-state index contributed by atoms with van der Waals surface area (Å²) < 4.78 is 0. The smallest absolute Gasteiger partial charge is 0.147 e. The Kier molecular flexibility index (Phi) is 2.06. The standard InChI is InChI=1S/C6H8ClN3/c1-4-3-8-5(2)9-6(4)10-7/h3H,1-2H3,(H,8,9,10). The van der Waals surface area contributed by atoms with Crippen LogP contribution < -0.4 is 4.84 Å². The van der Waals surface area contributed by atoms with Gasteiger partial charge in [0.2, 0.25) is 0 Å². The normalized spacial score (nSPS) is 9.50. The second-order valence-electron chi connectivity index (χ2n) is 2.04. The molecule has 0 aliphatic carbocycles. The minimum absolute atomic E-state index is 0.675. The number of aryl methyl sites for hydroxylation is 2. The summed E-state index contributed by atoms with van der Waals surface area (Å²) in [5.41, 5.74) is 0.945. The molecule has 0 aliphatic heterocycles. The quantitative estimate of drug-likeness (QED) is 0.630. The van der Waals surface area contributed by atoms with Crippen LogP contribution in [-0.4, -0.2) is 9.97 Å². The Hall–Kier alpha value is -0.830. The Labute approximate surface area is 64.6 Å². The summed E-state index contributed by atoms with van der Waals surface area (Å²) in [6, 6.07) is 0. The lowest BCUT2D eigenvalue weighted by Crippen LogP contribution is -1.94. The molecule has 1 heterocycles. The van der Waals surface area contributed by atoms with Crippen LogP contribution in [0.3, 0.4) is 0 Å². The van der Waals surface area contributed by atoms with Crippen LogP contribution in [0.4, 0.5) is 5.82 Å². The number of anilines is 1. The van der Waals surface area contributed by atoms with E-state index in [1.165, 1.54) is 0 Å². The third kappa shape index (κ3) is 1.36. The summed E-state index contributed by atoms with van der Waals surface area (Å²) in [6.45, 7) is 3.71. The summed E-state index contributed by atoms with van der Waals surface area (Å²) in [4.78, 5) is 10.5. The van der Waals surface area contributed by atoms with E-state index in [1.807, 2.05) is 13.8 Å². The third-order valence-corrected chi connectivity index (χ3v) is 1.36. The maximum Gasteiger partial charge on any atom is 0.147 e. The summed E-state index contributed by atoms with van der Waals surface area (Å²) in [7, 11) is 0. The van der Waals surface area contributed by atoms with E-state index in [2.05, 4.69) is 14.8 Å². The van der Waals surface area contributed by atoms with Gasteiger partial charge in [0.05, 0.1) is 0 Å². The Morgan fingerprint density at radius 1 is 1.50 bits per heavy atom. The van der Waals surface area contributed by atoms with Crippen molar-refractivity contribution in [3.05, 3.63) is 17.6 Å². The molecule has 1 N–H and O–H groups in total. The third-order valence-electron chi connectivity index (χ3n) is 1.18. The van der Waals surface area contributed by atoms with Gasteiger partial charge in [0.25, 0.3) is 0 Å². The lowest BCUT2D eigenvalue weighted by atomic mass is 10.3. The number of nitrogens with zero attached hydrogens (tertiary/aromatic N) is 2. The molecular formula is C6H8ClN3. The van der Waals surface area contributed by atoms with Gasteiger partial charge in [0.1, 0.15) is 11.6 Å².